The fourth-order valence-corrected chi connectivity index (χ4v) is 1.03. The van der Waals surface area contributed by atoms with Crippen LogP contribution in [0.15, 0.2) is 22.4 Å². The SMILES string of the molecule is CN(C)C(=O)C1C=NC=CC1=NN. The van der Waals surface area contributed by atoms with Crippen molar-refractivity contribution in [2.45, 2.75) is 0 Å². The number of hydrogen-bond acceptors (Lipinski definition) is 4. The molecule has 0 fully saturated rings. The summed E-state index contributed by atoms with van der Waals surface area (Å²) in [7, 11) is 3.37. The Balaban J connectivity index is 2.86. The third kappa shape index (κ3) is 1.93. The standard InChI is InChI=1S/C8H12N4O/c1-12(2)8(13)6-5-10-4-3-7(6)11-9/h3-6H,9H2,1-2H3. The van der Waals surface area contributed by atoms with Crippen LogP contribution in [0, 0.1) is 5.92 Å². The summed E-state index contributed by atoms with van der Waals surface area (Å²) in [6.45, 7) is 0. The number of hydrogen-bond donors (Lipinski definition) is 1. The minimum absolute atomic E-state index is 0.0719. The number of rotatable bonds is 1. The predicted molar refractivity (Wildman–Crippen MR) is 51.4 cm³/mol. The van der Waals surface area contributed by atoms with E-state index >= 15 is 0 Å². The molecule has 0 radical (unpaired) electrons. The maximum Gasteiger partial charge on any atom is 0.236 e. The summed E-state index contributed by atoms with van der Waals surface area (Å²) in [6, 6.07) is 0. The molecule has 1 aliphatic heterocycles. The van der Waals surface area contributed by atoms with E-state index in [-0.39, 0.29) is 5.91 Å². The Morgan fingerprint density at radius 1 is 1.69 bits per heavy atom. The lowest BCUT2D eigenvalue weighted by atomic mass is 10.0. The lowest BCUT2D eigenvalue weighted by Gasteiger charge is -2.17. The van der Waals surface area contributed by atoms with Crippen molar-refractivity contribution in [3.63, 3.8) is 0 Å². The van der Waals surface area contributed by atoms with Crippen molar-refractivity contribution in [3.05, 3.63) is 12.3 Å². The molecule has 2 N–H and O–H groups in total. The molecule has 13 heavy (non-hydrogen) atoms. The Morgan fingerprint density at radius 2 is 2.38 bits per heavy atom. The van der Waals surface area contributed by atoms with Crippen LogP contribution in [0.1, 0.15) is 0 Å². The number of nitrogens with two attached hydrogens (primary N) is 1. The molecule has 0 saturated heterocycles. The number of aliphatic imine (C=N–C) groups is 1. The van der Waals surface area contributed by atoms with Crippen LogP contribution in [0.25, 0.3) is 0 Å². The molecule has 1 heterocycles. The van der Waals surface area contributed by atoms with Crippen molar-refractivity contribution < 1.29 is 4.79 Å². The minimum atomic E-state index is -0.440. The van der Waals surface area contributed by atoms with Gasteiger partial charge in [0, 0.05) is 26.5 Å². The van der Waals surface area contributed by atoms with Gasteiger partial charge in [-0.25, -0.2) is 0 Å². The highest BCUT2D eigenvalue weighted by atomic mass is 16.2. The zero-order valence-electron chi connectivity index (χ0n) is 7.64. The molecule has 1 aliphatic rings. The number of carbonyl (C=O) groups is 1. The molecule has 0 aliphatic carbocycles. The van der Waals surface area contributed by atoms with E-state index in [1.165, 1.54) is 11.1 Å². The molecule has 1 unspecified atom stereocenters. The first kappa shape index (κ1) is 9.44. The van der Waals surface area contributed by atoms with Gasteiger partial charge in [0.1, 0.15) is 5.92 Å². The van der Waals surface area contributed by atoms with Gasteiger partial charge in [-0.2, -0.15) is 5.10 Å². The first-order valence-corrected chi connectivity index (χ1v) is 3.85. The summed E-state index contributed by atoms with van der Waals surface area (Å²) in [5, 5.41) is 3.52. The molecule has 70 valence electrons. The first-order chi connectivity index (χ1) is 6.16. The first-order valence-electron chi connectivity index (χ1n) is 3.85. The summed E-state index contributed by atoms with van der Waals surface area (Å²) >= 11 is 0. The molecule has 0 aromatic heterocycles. The van der Waals surface area contributed by atoms with Crippen molar-refractivity contribution in [1.82, 2.24) is 4.90 Å². The van der Waals surface area contributed by atoms with Crippen LogP contribution < -0.4 is 5.84 Å². The average Bonchev–Trinajstić information content (AvgIpc) is 2.16. The van der Waals surface area contributed by atoms with Gasteiger partial charge in [0.2, 0.25) is 5.91 Å². The quantitative estimate of drug-likeness (QED) is 0.440. The number of allylic oxidation sites excluding steroid dienone is 1. The van der Waals surface area contributed by atoms with Crippen molar-refractivity contribution in [2.24, 2.45) is 21.9 Å². The lowest BCUT2D eigenvalue weighted by Crippen LogP contribution is -2.36. The van der Waals surface area contributed by atoms with Crippen molar-refractivity contribution in [3.8, 4) is 0 Å². The predicted octanol–water partition coefficient (Wildman–Crippen LogP) is -0.396. The Kier molecular flexibility index (Phi) is 2.79. The van der Waals surface area contributed by atoms with Gasteiger partial charge in [-0.1, -0.05) is 0 Å². The van der Waals surface area contributed by atoms with Crippen LogP contribution in [0.3, 0.4) is 0 Å². The second-order valence-electron chi connectivity index (χ2n) is 2.88. The summed E-state index contributed by atoms with van der Waals surface area (Å²) in [5.74, 6) is 4.62. The molecule has 0 saturated carbocycles. The van der Waals surface area contributed by atoms with Crippen LogP contribution in [-0.4, -0.2) is 36.8 Å². The second kappa shape index (κ2) is 3.84. The number of amides is 1. The summed E-state index contributed by atoms with van der Waals surface area (Å²) < 4.78 is 0. The topological polar surface area (TPSA) is 71.0 Å². The smallest absolute Gasteiger partial charge is 0.236 e. The Morgan fingerprint density at radius 3 is 2.92 bits per heavy atom. The van der Waals surface area contributed by atoms with Gasteiger partial charge in [-0.15, -0.1) is 0 Å². The van der Waals surface area contributed by atoms with E-state index in [1.54, 1.807) is 26.4 Å². The molecule has 0 aromatic carbocycles. The normalized spacial score (nSPS) is 23.5. The van der Waals surface area contributed by atoms with E-state index in [0.29, 0.717) is 5.71 Å². The zero-order valence-corrected chi connectivity index (χ0v) is 7.64. The van der Waals surface area contributed by atoms with E-state index < -0.39 is 5.92 Å². The van der Waals surface area contributed by atoms with E-state index in [2.05, 4.69) is 10.1 Å². The Hall–Kier alpha value is -1.65. The van der Waals surface area contributed by atoms with Gasteiger partial charge in [0.25, 0.3) is 0 Å². The number of nitrogens with zero attached hydrogens (tertiary/aromatic N) is 3. The third-order valence-corrected chi connectivity index (χ3v) is 1.74. The molecule has 0 spiro atoms. The van der Waals surface area contributed by atoms with Crippen LogP contribution in [0.5, 0.6) is 0 Å². The van der Waals surface area contributed by atoms with Crippen molar-refractivity contribution >= 4 is 17.8 Å². The highest BCUT2D eigenvalue weighted by Crippen LogP contribution is 2.06. The Labute approximate surface area is 76.6 Å². The molecule has 5 heteroatoms. The molecular weight excluding hydrogens is 168 g/mol. The van der Waals surface area contributed by atoms with E-state index in [9.17, 15) is 4.79 Å². The van der Waals surface area contributed by atoms with Gasteiger partial charge in [0.15, 0.2) is 0 Å². The van der Waals surface area contributed by atoms with Gasteiger partial charge in [-0.05, 0) is 6.08 Å². The fourth-order valence-electron chi connectivity index (χ4n) is 1.03. The summed E-state index contributed by atoms with van der Waals surface area (Å²) in [4.78, 5) is 16.9. The third-order valence-electron chi connectivity index (χ3n) is 1.74. The van der Waals surface area contributed by atoms with E-state index in [4.69, 9.17) is 5.84 Å². The molecular formula is C8H12N4O. The fraction of sp³-hybridized carbons (Fsp3) is 0.375. The van der Waals surface area contributed by atoms with Crippen molar-refractivity contribution in [1.29, 1.82) is 0 Å². The monoisotopic (exact) mass is 180 g/mol. The summed E-state index contributed by atoms with van der Waals surface area (Å²) in [6.07, 6.45) is 4.73. The largest absolute Gasteiger partial charge is 0.348 e. The summed E-state index contributed by atoms with van der Waals surface area (Å²) in [5.41, 5.74) is 0.536. The molecule has 0 bridgehead atoms. The molecule has 1 atom stereocenters. The average molecular weight is 180 g/mol. The van der Waals surface area contributed by atoms with Crippen LogP contribution >= 0.6 is 0 Å². The van der Waals surface area contributed by atoms with Gasteiger partial charge >= 0.3 is 0 Å². The maximum absolute atomic E-state index is 11.5. The second-order valence-corrected chi connectivity index (χ2v) is 2.88. The Bertz CT molecular complexity index is 291. The molecule has 1 amide bonds. The molecule has 1 rings (SSSR count). The number of carbonyl (C=O) groups excluding carboxylic acids is 1. The van der Waals surface area contributed by atoms with Crippen molar-refractivity contribution in [2.75, 3.05) is 14.1 Å². The number of hydrazone groups is 1. The highest BCUT2D eigenvalue weighted by molar-refractivity contribution is 6.20. The van der Waals surface area contributed by atoms with Crippen LogP contribution in [-0.2, 0) is 4.79 Å². The minimum Gasteiger partial charge on any atom is -0.348 e. The molecule has 5 nitrogen and oxygen atoms in total. The molecule has 0 aromatic rings. The lowest BCUT2D eigenvalue weighted by molar-refractivity contribution is -0.129. The van der Waals surface area contributed by atoms with Crippen LogP contribution in [0.2, 0.25) is 0 Å². The van der Waals surface area contributed by atoms with E-state index in [0.717, 1.165) is 0 Å². The maximum atomic E-state index is 11.5. The van der Waals surface area contributed by atoms with Gasteiger partial charge in [-0.3, -0.25) is 9.79 Å². The zero-order chi connectivity index (χ0) is 9.84. The van der Waals surface area contributed by atoms with Gasteiger partial charge in [0.05, 0.1) is 5.71 Å². The van der Waals surface area contributed by atoms with Gasteiger partial charge < -0.3 is 10.7 Å². The van der Waals surface area contributed by atoms with E-state index in [1.807, 2.05) is 0 Å². The highest BCUT2D eigenvalue weighted by Gasteiger charge is 2.23. The van der Waals surface area contributed by atoms with Crippen LogP contribution in [0.4, 0.5) is 0 Å².